The molecule has 1 unspecified atom stereocenters. The van der Waals surface area contributed by atoms with E-state index in [0.717, 1.165) is 0 Å². The van der Waals surface area contributed by atoms with Crippen molar-refractivity contribution in [2.24, 2.45) is 0 Å². The van der Waals surface area contributed by atoms with Crippen LogP contribution in [0.25, 0.3) is 0 Å². The Kier molecular flexibility index (Phi) is 6.13. The van der Waals surface area contributed by atoms with Crippen LogP contribution in [-0.2, 0) is 16.6 Å². The Balaban J connectivity index is 2.98. The molecule has 1 aromatic carbocycles. The van der Waals surface area contributed by atoms with Crippen molar-refractivity contribution < 1.29 is 13.5 Å². The third-order valence-corrected chi connectivity index (χ3v) is 5.64. The lowest BCUT2D eigenvalue weighted by molar-refractivity contribution is 0.281. The lowest BCUT2D eigenvalue weighted by Crippen LogP contribution is -2.34. The zero-order valence-electron chi connectivity index (χ0n) is 10.2. The molecule has 0 aliphatic heterocycles. The summed E-state index contributed by atoms with van der Waals surface area (Å²) >= 11 is 4.80. The maximum atomic E-state index is 12.1. The molecule has 0 aliphatic carbocycles. The van der Waals surface area contributed by atoms with E-state index in [-0.39, 0.29) is 17.5 Å². The summed E-state index contributed by atoms with van der Waals surface area (Å²) in [7, 11) is -3.53. The second-order valence-electron chi connectivity index (χ2n) is 3.90. The third kappa shape index (κ3) is 4.24. The molecule has 18 heavy (non-hydrogen) atoms. The number of benzene rings is 1. The number of nitrogens with one attached hydrogen (secondary N) is 1. The van der Waals surface area contributed by atoms with E-state index in [1.54, 1.807) is 23.9 Å². The van der Waals surface area contributed by atoms with Crippen LogP contribution in [0.3, 0.4) is 0 Å². The SMILES string of the molecule is CSCC(C)NS(=O)(=O)c1ccc(CO)cc1Br. The maximum absolute atomic E-state index is 12.1. The van der Waals surface area contributed by atoms with E-state index in [1.165, 1.54) is 6.07 Å². The van der Waals surface area contributed by atoms with Crippen molar-refractivity contribution in [3.63, 3.8) is 0 Å². The van der Waals surface area contributed by atoms with Gasteiger partial charge in [0.05, 0.1) is 11.5 Å². The molecule has 0 fully saturated rings. The topological polar surface area (TPSA) is 66.4 Å². The minimum atomic E-state index is -3.53. The largest absolute Gasteiger partial charge is 0.392 e. The molecule has 102 valence electrons. The predicted molar refractivity (Wildman–Crippen MR) is 78.2 cm³/mol. The van der Waals surface area contributed by atoms with Crippen LogP contribution >= 0.6 is 27.7 Å². The quantitative estimate of drug-likeness (QED) is 0.820. The number of rotatable bonds is 6. The molecule has 0 heterocycles. The standard InChI is InChI=1S/C11H16BrNO3S2/c1-8(7-17-2)13-18(15,16)11-4-3-9(6-14)5-10(11)12/h3-5,8,13-14H,6-7H2,1-2H3. The van der Waals surface area contributed by atoms with Gasteiger partial charge in [-0.1, -0.05) is 6.07 Å². The van der Waals surface area contributed by atoms with Crippen LogP contribution in [0.2, 0.25) is 0 Å². The van der Waals surface area contributed by atoms with Gasteiger partial charge in [-0.15, -0.1) is 0 Å². The lowest BCUT2D eigenvalue weighted by atomic mass is 10.2. The van der Waals surface area contributed by atoms with Crippen molar-refractivity contribution in [1.29, 1.82) is 0 Å². The van der Waals surface area contributed by atoms with Crippen molar-refractivity contribution in [3.8, 4) is 0 Å². The van der Waals surface area contributed by atoms with E-state index in [1.807, 2.05) is 13.2 Å². The first-order valence-corrected chi connectivity index (χ1v) is 8.98. The van der Waals surface area contributed by atoms with Gasteiger partial charge in [-0.2, -0.15) is 11.8 Å². The molecule has 0 saturated heterocycles. The summed E-state index contributed by atoms with van der Waals surface area (Å²) in [5.74, 6) is 0.714. The molecule has 0 amide bonds. The highest BCUT2D eigenvalue weighted by Crippen LogP contribution is 2.23. The first kappa shape index (κ1) is 16.0. The molecule has 7 heteroatoms. The second kappa shape index (κ2) is 6.91. The highest BCUT2D eigenvalue weighted by atomic mass is 79.9. The fourth-order valence-electron chi connectivity index (χ4n) is 1.47. The van der Waals surface area contributed by atoms with Crippen LogP contribution in [0.5, 0.6) is 0 Å². The van der Waals surface area contributed by atoms with Gasteiger partial charge in [0.25, 0.3) is 0 Å². The van der Waals surface area contributed by atoms with Crippen molar-refractivity contribution in [3.05, 3.63) is 28.2 Å². The molecule has 0 saturated carbocycles. The van der Waals surface area contributed by atoms with Gasteiger partial charge >= 0.3 is 0 Å². The molecule has 0 spiro atoms. The average Bonchev–Trinajstić information content (AvgIpc) is 2.27. The number of sulfonamides is 1. The zero-order chi connectivity index (χ0) is 13.8. The Morgan fingerprint density at radius 3 is 2.67 bits per heavy atom. The maximum Gasteiger partial charge on any atom is 0.241 e. The number of thioether (sulfide) groups is 1. The van der Waals surface area contributed by atoms with Crippen molar-refractivity contribution in [1.82, 2.24) is 4.72 Å². The second-order valence-corrected chi connectivity index (χ2v) is 7.35. The molecule has 0 aliphatic rings. The third-order valence-electron chi connectivity index (χ3n) is 2.24. The average molecular weight is 354 g/mol. The first-order chi connectivity index (χ1) is 8.40. The van der Waals surface area contributed by atoms with Crippen LogP contribution in [0, 0.1) is 0 Å². The summed E-state index contributed by atoms with van der Waals surface area (Å²) in [4.78, 5) is 0.188. The van der Waals surface area contributed by atoms with Gasteiger partial charge in [-0.05, 0) is 46.8 Å². The van der Waals surface area contributed by atoms with E-state index in [9.17, 15) is 8.42 Å². The van der Waals surface area contributed by atoms with Crippen molar-refractivity contribution in [2.45, 2.75) is 24.5 Å². The van der Waals surface area contributed by atoms with Crippen LogP contribution in [0.15, 0.2) is 27.6 Å². The monoisotopic (exact) mass is 353 g/mol. The van der Waals surface area contributed by atoms with E-state index >= 15 is 0 Å². The van der Waals surface area contributed by atoms with Crippen LogP contribution in [0.1, 0.15) is 12.5 Å². The van der Waals surface area contributed by atoms with Crippen LogP contribution in [-0.4, -0.2) is 31.6 Å². The summed E-state index contributed by atoms with van der Waals surface area (Å²) in [6.45, 7) is 1.71. The molecule has 1 aromatic rings. The lowest BCUT2D eigenvalue weighted by Gasteiger charge is -2.14. The predicted octanol–water partition coefficient (Wildman–Crippen LogP) is 1.97. The summed E-state index contributed by atoms with van der Waals surface area (Å²) in [6.07, 6.45) is 1.93. The van der Waals surface area contributed by atoms with Crippen LogP contribution in [0.4, 0.5) is 0 Å². The summed E-state index contributed by atoms with van der Waals surface area (Å²) in [5, 5.41) is 8.98. The smallest absolute Gasteiger partial charge is 0.241 e. The van der Waals surface area contributed by atoms with Gasteiger partial charge in [0.1, 0.15) is 0 Å². The van der Waals surface area contributed by atoms with Crippen LogP contribution < -0.4 is 4.72 Å². The van der Waals surface area contributed by atoms with Gasteiger partial charge in [0.15, 0.2) is 0 Å². The number of aliphatic hydroxyl groups is 1. The molecule has 4 nitrogen and oxygen atoms in total. The van der Waals surface area contributed by atoms with E-state index in [0.29, 0.717) is 15.8 Å². The molecule has 0 aromatic heterocycles. The number of hydrogen-bond acceptors (Lipinski definition) is 4. The van der Waals surface area contributed by atoms with Crippen molar-refractivity contribution in [2.75, 3.05) is 12.0 Å². The zero-order valence-corrected chi connectivity index (χ0v) is 13.4. The Morgan fingerprint density at radius 1 is 1.50 bits per heavy atom. The van der Waals surface area contributed by atoms with Gasteiger partial charge in [0.2, 0.25) is 10.0 Å². The molecule has 2 N–H and O–H groups in total. The van der Waals surface area contributed by atoms with Gasteiger partial charge < -0.3 is 5.11 Å². The van der Waals surface area contributed by atoms with E-state index in [2.05, 4.69) is 20.7 Å². The van der Waals surface area contributed by atoms with E-state index in [4.69, 9.17) is 5.11 Å². The Labute approximate surface area is 120 Å². The Hall–Kier alpha value is -0.0800. The highest BCUT2D eigenvalue weighted by molar-refractivity contribution is 9.10. The minimum Gasteiger partial charge on any atom is -0.392 e. The number of halogens is 1. The molecule has 0 radical (unpaired) electrons. The fourth-order valence-corrected chi connectivity index (χ4v) is 4.53. The van der Waals surface area contributed by atoms with Gasteiger partial charge in [0, 0.05) is 16.3 Å². The Morgan fingerprint density at radius 2 is 2.17 bits per heavy atom. The van der Waals surface area contributed by atoms with Gasteiger partial charge in [-0.25, -0.2) is 13.1 Å². The Bertz CT molecular complexity index is 505. The summed E-state index contributed by atoms with van der Waals surface area (Å²) in [6, 6.07) is 4.56. The molecule has 1 rings (SSSR count). The number of aliphatic hydroxyl groups excluding tert-OH is 1. The van der Waals surface area contributed by atoms with E-state index < -0.39 is 10.0 Å². The minimum absolute atomic E-state index is 0.116. The highest BCUT2D eigenvalue weighted by Gasteiger charge is 2.20. The molecule has 0 bridgehead atoms. The molecule has 1 atom stereocenters. The number of hydrogen-bond donors (Lipinski definition) is 2. The fraction of sp³-hybridized carbons (Fsp3) is 0.455. The van der Waals surface area contributed by atoms with Gasteiger partial charge in [-0.3, -0.25) is 0 Å². The summed E-state index contributed by atoms with van der Waals surface area (Å²) in [5.41, 5.74) is 0.665. The molecular formula is C11H16BrNO3S2. The van der Waals surface area contributed by atoms with Crippen molar-refractivity contribution >= 4 is 37.7 Å². The first-order valence-electron chi connectivity index (χ1n) is 5.31. The normalized spacial score (nSPS) is 13.6. The summed E-state index contributed by atoms with van der Waals surface area (Å²) < 4.78 is 27.3. The molecular weight excluding hydrogens is 338 g/mol.